The van der Waals surface area contributed by atoms with Gasteiger partial charge in [0.05, 0.1) is 0 Å². The molecule has 0 radical (unpaired) electrons. The molecule has 0 fully saturated rings. The maximum atomic E-state index is 2.95. The summed E-state index contributed by atoms with van der Waals surface area (Å²) in [4.78, 5) is 0. The van der Waals surface area contributed by atoms with Crippen molar-refractivity contribution in [2.24, 2.45) is 0 Å². The van der Waals surface area contributed by atoms with Gasteiger partial charge in [0, 0.05) is 11.1 Å². The number of hydrogen-bond donors (Lipinski definition) is 0. The van der Waals surface area contributed by atoms with E-state index < -0.39 is 4.25 Å². The third kappa shape index (κ3) is 10.3. The predicted molar refractivity (Wildman–Crippen MR) is 313 cm³/mol. The maximum absolute atomic E-state index is 2.95. The molecule has 10 aromatic rings. The van der Waals surface area contributed by atoms with Crippen LogP contribution in [0.4, 0.5) is 0 Å². The number of imidazole rings is 1. The van der Waals surface area contributed by atoms with E-state index in [0.29, 0.717) is 0 Å². The molecule has 0 spiro atoms. The van der Waals surface area contributed by atoms with Crippen LogP contribution in [0.15, 0.2) is 242 Å². The third-order valence-electron chi connectivity index (χ3n) is 14.2. The van der Waals surface area contributed by atoms with Crippen molar-refractivity contribution in [3.63, 3.8) is 0 Å². The molecule has 0 aliphatic rings. The van der Waals surface area contributed by atoms with Crippen LogP contribution in [0.5, 0.6) is 0 Å². The second-order valence-corrected chi connectivity index (χ2v) is 30.6. The van der Waals surface area contributed by atoms with Gasteiger partial charge in [-0.3, -0.25) is 0 Å². The van der Waals surface area contributed by atoms with E-state index >= 15 is 0 Å². The first-order chi connectivity index (χ1) is 34.6. The number of nitrogens with zero attached hydrogens (tertiary/aromatic N) is 2. The van der Waals surface area contributed by atoms with E-state index in [0.717, 1.165) is 18.8 Å². The Hall–Kier alpha value is -5.78. The molecular weight excluding hydrogens is 999 g/mol. The molecular formula is C65H63IN2PS+. The van der Waals surface area contributed by atoms with Crippen molar-refractivity contribution in [1.82, 2.24) is 4.57 Å². The van der Waals surface area contributed by atoms with Gasteiger partial charge in [-0.05, 0) is 44.8 Å². The van der Waals surface area contributed by atoms with Crippen molar-refractivity contribution in [2.45, 2.75) is 69.6 Å². The van der Waals surface area contributed by atoms with Gasteiger partial charge in [0.1, 0.15) is 13.1 Å². The standard InChI is InChI=1S/C65H63IN2PS/c66-69(60-36-16-9-17-37-60,61-38-18-10-19-39-61,62-40-20-11-21-41-62)46-26-5-3-1-2-4-6-27-47-70-65-67(50-52-42-44-54-28-22-24-34-58(54)48-52)63(56-30-12-7-13-31-56)64(57-32-14-8-15-33-57)68(65)51-53-43-45-55-29-23-25-35-59(55)49-53/h7-25,28-45,48-49H,1-6,26-27,46-47,50-51H2/q+1. The van der Waals surface area contributed by atoms with Crippen molar-refractivity contribution in [3.05, 3.63) is 248 Å². The first-order valence-electron chi connectivity index (χ1n) is 25.3. The van der Waals surface area contributed by atoms with Crippen molar-refractivity contribution in [3.8, 4) is 22.5 Å². The number of benzene rings is 9. The van der Waals surface area contributed by atoms with Crippen LogP contribution in [0.1, 0.15) is 62.5 Å². The van der Waals surface area contributed by atoms with E-state index in [9.17, 15) is 0 Å². The van der Waals surface area contributed by atoms with Crippen molar-refractivity contribution in [2.75, 3.05) is 11.9 Å². The SMILES string of the molecule is IP(CCCCCCCCCCSc1n(Cc2ccc3ccccc3c2)c(-c2ccccc2)c(-c2ccccc2)[n+]1Cc1ccc2ccccc2c1)(c1ccccc1)(c1ccccc1)c1ccccc1. The fourth-order valence-corrected chi connectivity index (χ4v) is 20.6. The summed E-state index contributed by atoms with van der Waals surface area (Å²) in [7, 11) is 0. The number of fused-ring (bicyclic) bond motifs is 2. The summed E-state index contributed by atoms with van der Waals surface area (Å²) >= 11 is 5.00. The molecule has 0 bridgehead atoms. The third-order valence-corrected chi connectivity index (χ3v) is 27.2. The molecule has 0 N–H and O–H groups in total. The Kier molecular flexibility index (Phi) is 15.4. The van der Waals surface area contributed by atoms with Gasteiger partial charge in [-0.15, -0.1) is 0 Å². The zero-order chi connectivity index (χ0) is 47.5. The molecule has 0 aliphatic carbocycles. The number of rotatable bonds is 21. The van der Waals surface area contributed by atoms with Crippen LogP contribution in [0.2, 0.25) is 0 Å². The van der Waals surface area contributed by atoms with E-state index in [4.69, 9.17) is 0 Å². The molecule has 0 amide bonds. The summed E-state index contributed by atoms with van der Waals surface area (Å²) in [6, 6.07) is 87.9. The number of thioether (sulfide) groups is 1. The Morgan fingerprint density at radius 1 is 0.400 bits per heavy atom. The first kappa shape index (κ1) is 47.9. The van der Waals surface area contributed by atoms with Crippen LogP contribution in [0, 0.1) is 0 Å². The minimum atomic E-state index is -2.71. The van der Waals surface area contributed by atoms with E-state index in [1.807, 2.05) is 11.8 Å². The number of aromatic nitrogens is 2. The van der Waals surface area contributed by atoms with Crippen LogP contribution in [-0.2, 0) is 13.1 Å². The number of unbranched alkanes of at least 4 members (excludes halogenated alkanes) is 7. The first-order valence-corrected chi connectivity index (χ1v) is 31.5. The molecule has 0 unspecified atom stereocenters. The fourth-order valence-electron chi connectivity index (χ4n) is 10.6. The van der Waals surface area contributed by atoms with Crippen molar-refractivity contribution in [1.29, 1.82) is 0 Å². The topological polar surface area (TPSA) is 8.81 Å². The minimum absolute atomic E-state index is 0.783. The molecule has 1 heterocycles. The van der Waals surface area contributed by atoms with Gasteiger partial charge in [-0.1, -0.05) is 133 Å². The summed E-state index contributed by atoms with van der Waals surface area (Å²) in [6.07, 6.45) is 11.3. The zero-order valence-corrected chi connectivity index (χ0v) is 44.0. The second-order valence-electron chi connectivity index (χ2n) is 18.8. The van der Waals surface area contributed by atoms with E-state index in [1.165, 1.54) is 134 Å². The van der Waals surface area contributed by atoms with Gasteiger partial charge in [0.25, 0.3) is 0 Å². The second kappa shape index (κ2) is 22.5. The number of halogens is 1. The van der Waals surface area contributed by atoms with Crippen LogP contribution in [-0.4, -0.2) is 16.5 Å². The van der Waals surface area contributed by atoms with Gasteiger partial charge in [-0.25, -0.2) is 9.13 Å². The summed E-state index contributed by atoms with van der Waals surface area (Å²) in [5.41, 5.74) is 7.64. The van der Waals surface area contributed by atoms with Crippen LogP contribution >= 0.6 is 38.0 Å². The Morgan fingerprint density at radius 2 is 0.814 bits per heavy atom. The summed E-state index contributed by atoms with van der Waals surface area (Å²) in [5, 5.41) is 10.9. The van der Waals surface area contributed by atoms with Gasteiger partial charge >= 0.3 is 213 Å². The van der Waals surface area contributed by atoms with E-state index in [-0.39, 0.29) is 0 Å². The van der Waals surface area contributed by atoms with Crippen molar-refractivity contribution < 1.29 is 4.57 Å². The Morgan fingerprint density at radius 3 is 1.34 bits per heavy atom. The van der Waals surface area contributed by atoms with Crippen LogP contribution < -0.4 is 20.5 Å². The van der Waals surface area contributed by atoms with E-state index in [2.05, 4.69) is 268 Å². The quantitative estimate of drug-likeness (QED) is 0.0229. The Bertz CT molecular complexity index is 3030. The summed E-state index contributed by atoms with van der Waals surface area (Å²) < 4.78 is 2.56. The molecule has 0 atom stereocenters. The molecule has 350 valence electrons. The molecule has 10 rings (SSSR count). The predicted octanol–water partition coefficient (Wildman–Crippen LogP) is 16.6. The van der Waals surface area contributed by atoms with Gasteiger partial charge in [-0.2, -0.15) is 0 Å². The average Bonchev–Trinajstić information content (AvgIpc) is 3.72. The molecule has 70 heavy (non-hydrogen) atoms. The molecule has 2 nitrogen and oxygen atoms in total. The molecule has 0 saturated carbocycles. The van der Waals surface area contributed by atoms with Crippen LogP contribution in [0.3, 0.4) is 0 Å². The molecule has 1 aromatic heterocycles. The average molecular weight is 1060 g/mol. The zero-order valence-electron chi connectivity index (χ0n) is 40.1. The molecule has 0 aliphatic heterocycles. The van der Waals surface area contributed by atoms with E-state index in [1.54, 1.807) is 0 Å². The molecule has 9 aromatic carbocycles. The van der Waals surface area contributed by atoms with Gasteiger partial charge in [0.2, 0.25) is 0 Å². The Balaban J connectivity index is 0.868. The summed E-state index contributed by atoms with van der Waals surface area (Å²) in [5.74, 6) is 1.07. The van der Waals surface area contributed by atoms with Crippen LogP contribution in [0.25, 0.3) is 44.1 Å². The molecule has 0 saturated heterocycles. The number of hydrogen-bond acceptors (Lipinski definition) is 1. The van der Waals surface area contributed by atoms with Gasteiger partial charge in [0.15, 0.2) is 11.4 Å². The normalized spacial score (nSPS) is 12.3. The summed E-state index contributed by atoms with van der Waals surface area (Å²) in [6.45, 7) is 1.57. The monoisotopic (exact) mass is 1060 g/mol. The van der Waals surface area contributed by atoms with Crippen molar-refractivity contribution >= 4 is 75.5 Å². The fraction of sp³-hybridized carbons (Fsp3) is 0.185. The molecule has 5 heteroatoms. The van der Waals surface area contributed by atoms with Gasteiger partial charge < -0.3 is 0 Å². The Labute approximate surface area is 433 Å².